The van der Waals surface area contributed by atoms with Gasteiger partial charge in [0.05, 0.1) is 0 Å². The van der Waals surface area contributed by atoms with Gasteiger partial charge in [-0.15, -0.1) is 0 Å². The van der Waals surface area contributed by atoms with Gasteiger partial charge < -0.3 is 15.8 Å². The van der Waals surface area contributed by atoms with Crippen LogP contribution in [0.3, 0.4) is 0 Å². The summed E-state index contributed by atoms with van der Waals surface area (Å²) in [7, 11) is 1.83. The van der Waals surface area contributed by atoms with Gasteiger partial charge in [-0.25, -0.2) is 4.98 Å². The van der Waals surface area contributed by atoms with Gasteiger partial charge in [-0.1, -0.05) is 0 Å². The zero-order valence-corrected chi connectivity index (χ0v) is 9.83. The highest BCUT2D eigenvalue weighted by Crippen LogP contribution is 2.20. The third-order valence-electron chi connectivity index (χ3n) is 2.15. The fraction of sp³-hybridized carbons (Fsp3) is 0.455. The third-order valence-corrected chi connectivity index (χ3v) is 2.15. The van der Waals surface area contributed by atoms with Crippen LogP contribution in [0.25, 0.3) is 0 Å². The van der Waals surface area contributed by atoms with E-state index in [1.807, 2.05) is 27.0 Å². The molecule has 0 aliphatic carbocycles. The minimum atomic E-state index is -0.510. The number of amides is 1. The number of hydrogen-bond acceptors (Lipinski definition) is 4. The fourth-order valence-electron chi connectivity index (χ4n) is 1.46. The van der Waals surface area contributed by atoms with E-state index in [4.69, 9.17) is 10.5 Å². The zero-order chi connectivity index (χ0) is 12.1. The molecule has 0 aromatic carbocycles. The van der Waals surface area contributed by atoms with Crippen molar-refractivity contribution in [1.82, 2.24) is 10.3 Å². The van der Waals surface area contributed by atoms with Gasteiger partial charge in [-0.05, 0) is 32.5 Å². The van der Waals surface area contributed by atoms with Crippen molar-refractivity contribution >= 4 is 5.91 Å². The second kappa shape index (κ2) is 5.46. The Kier molecular flexibility index (Phi) is 4.25. The molecule has 88 valence electrons. The van der Waals surface area contributed by atoms with Crippen LogP contribution in [0, 0.1) is 13.8 Å². The van der Waals surface area contributed by atoms with E-state index in [0.717, 1.165) is 11.3 Å². The minimum Gasteiger partial charge on any atom is -0.476 e. The summed E-state index contributed by atoms with van der Waals surface area (Å²) in [4.78, 5) is 15.4. The molecule has 5 heteroatoms. The van der Waals surface area contributed by atoms with E-state index in [1.165, 1.54) is 0 Å². The zero-order valence-electron chi connectivity index (χ0n) is 9.83. The molecular formula is C11H17N3O2. The first-order chi connectivity index (χ1) is 7.56. The number of likely N-dealkylation sites (N-methyl/N-ethyl adjacent to an activating group) is 1. The Morgan fingerprint density at radius 3 is 2.81 bits per heavy atom. The molecule has 0 spiro atoms. The smallest absolute Gasteiger partial charge is 0.254 e. The maximum Gasteiger partial charge on any atom is 0.254 e. The van der Waals surface area contributed by atoms with Crippen LogP contribution in [-0.4, -0.2) is 31.1 Å². The highest BCUT2D eigenvalue weighted by molar-refractivity contribution is 5.96. The number of nitrogens with two attached hydrogens (primary N) is 1. The summed E-state index contributed by atoms with van der Waals surface area (Å²) in [6.45, 7) is 4.81. The summed E-state index contributed by atoms with van der Waals surface area (Å²) in [5.74, 6) is -0.190. The number of hydrogen-bond donors (Lipinski definition) is 2. The molecule has 0 bridgehead atoms. The summed E-state index contributed by atoms with van der Waals surface area (Å²) in [6.07, 6.45) is 0. The van der Waals surface area contributed by atoms with Gasteiger partial charge in [0.15, 0.2) is 0 Å². The van der Waals surface area contributed by atoms with E-state index >= 15 is 0 Å². The predicted octanol–water partition coefficient (Wildman–Crippen LogP) is 0.396. The molecule has 0 aliphatic heterocycles. The van der Waals surface area contributed by atoms with E-state index in [2.05, 4.69) is 10.3 Å². The molecule has 0 saturated heterocycles. The Morgan fingerprint density at radius 1 is 1.56 bits per heavy atom. The number of carbonyl (C=O) groups is 1. The van der Waals surface area contributed by atoms with Crippen molar-refractivity contribution in [1.29, 1.82) is 0 Å². The van der Waals surface area contributed by atoms with Crippen molar-refractivity contribution in [2.24, 2.45) is 5.73 Å². The number of aromatic nitrogens is 1. The predicted molar refractivity (Wildman–Crippen MR) is 61.7 cm³/mol. The number of nitrogens with zero attached hydrogens (tertiary/aromatic N) is 1. The average molecular weight is 223 g/mol. The van der Waals surface area contributed by atoms with Crippen molar-refractivity contribution in [3.8, 4) is 5.88 Å². The van der Waals surface area contributed by atoms with Crippen molar-refractivity contribution in [2.75, 3.05) is 20.2 Å². The molecule has 16 heavy (non-hydrogen) atoms. The van der Waals surface area contributed by atoms with Crippen LogP contribution in [0.5, 0.6) is 5.88 Å². The quantitative estimate of drug-likeness (QED) is 0.708. The number of ether oxygens (including phenoxy) is 1. The summed E-state index contributed by atoms with van der Waals surface area (Å²) >= 11 is 0. The van der Waals surface area contributed by atoms with Crippen LogP contribution < -0.4 is 15.8 Å². The van der Waals surface area contributed by atoms with Crippen molar-refractivity contribution in [3.05, 3.63) is 22.9 Å². The normalized spacial score (nSPS) is 10.2. The van der Waals surface area contributed by atoms with Crippen LogP contribution in [0.2, 0.25) is 0 Å². The van der Waals surface area contributed by atoms with Crippen LogP contribution in [-0.2, 0) is 0 Å². The summed E-state index contributed by atoms with van der Waals surface area (Å²) < 4.78 is 5.43. The number of carbonyl (C=O) groups excluding carboxylic acids is 1. The highest BCUT2D eigenvalue weighted by atomic mass is 16.5. The fourth-order valence-corrected chi connectivity index (χ4v) is 1.46. The first-order valence-electron chi connectivity index (χ1n) is 5.11. The SMILES string of the molecule is CNCCOc1nc(C)cc(C)c1C(N)=O. The number of primary amides is 1. The van der Waals surface area contributed by atoms with E-state index in [1.54, 1.807) is 0 Å². The summed E-state index contributed by atoms with van der Waals surface area (Å²) in [5, 5.41) is 2.95. The molecule has 0 unspecified atom stereocenters. The molecule has 0 aliphatic rings. The van der Waals surface area contributed by atoms with Crippen LogP contribution in [0.1, 0.15) is 21.6 Å². The lowest BCUT2D eigenvalue weighted by Gasteiger charge is -2.11. The lowest BCUT2D eigenvalue weighted by atomic mass is 10.1. The Morgan fingerprint density at radius 2 is 2.25 bits per heavy atom. The molecule has 0 radical (unpaired) electrons. The number of nitrogens with one attached hydrogen (secondary N) is 1. The molecule has 1 rings (SSSR count). The van der Waals surface area contributed by atoms with Gasteiger partial charge in [0.2, 0.25) is 5.88 Å². The Balaban J connectivity index is 2.99. The van der Waals surface area contributed by atoms with E-state index in [9.17, 15) is 4.79 Å². The first kappa shape index (κ1) is 12.4. The van der Waals surface area contributed by atoms with Crippen LogP contribution in [0.4, 0.5) is 0 Å². The van der Waals surface area contributed by atoms with E-state index < -0.39 is 5.91 Å². The molecule has 0 saturated carbocycles. The molecule has 3 N–H and O–H groups in total. The maximum absolute atomic E-state index is 11.3. The largest absolute Gasteiger partial charge is 0.476 e. The number of pyridine rings is 1. The maximum atomic E-state index is 11.3. The second-order valence-electron chi connectivity index (χ2n) is 3.58. The minimum absolute atomic E-state index is 0.320. The Bertz CT molecular complexity index is 391. The van der Waals surface area contributed by atoms with Gasteiger partial charge in [0.25, 0.3) is 5.91 Å². The third kappa shape index (κ3) is 2.93. The molecule has 0 atom stereocenters. The van der Waals surface area contributed by atoms with Gasteiger partial charge in [0.1, 0.15) is 12.2 Å². The van der Waals surface area contributed by atoms with Crippen LogP contribution in [0.15, 0.2) is 6.07 Å². The highest BCUT2D eigenvalue weighted by Gasteiger charge is 2.14. The second-order valence-corrected chi connectivity index (χ2v) is 3.58. The standard InChI is InChI=1S/C11H17N3O2/c1-7-6-8(2)14-11(9(7)10(12)15)16-5-4-13-3/h6,13H,4-5H2,1-3H3,(H2,12,15). The topological polar surface area (TPSA) is 77.2 Å². The van der Waals surface area contributed by atoms with E-state index in [-0.39, 0.29) is 0 Å². The first-order valence-corrected chi connectivity index (χ1v) is 5.11. The van der Waals surface area contributed by atoms with Gasteiger partial charge >= 0.3 is 0 Å². The molecule has 0 fully saturated rings. The summed E-state index contributed by atoms with van der Waals surface area (Å²) in [5.41, 5.74) is 7.26. The lowest BCUT2D eigenvalue weighted by molar-refractivity contribution is 0.0995. The average Bonchev–Trinajstić information content (AvgIpc) is 2.16. The molecule has 1 aromatic heterocycles. The van der Waals surface area contributed by atoms with Gasteiger partial charge in [-0.3, -0.25) is 4.79 Å². The van der Waals surface area contributed by atoms with E-state index in [0.29, 0.717) is 24.6 Å². The monoisotopic (exact) mass is 223 g/mol. The van der Waals surface area contributed by atoms with Crippen molar-refractivity contribution < 1.29 is 9.53 Å². The molecular weight excluding hydrogens is 206 g/mol. The summed E-state index contributed by atoms with van der Waals surface area (Å²) in [6, 6.07) is 1.81. The van der Waals surface area contributed by atoms with Gasteiger partial charge in [-0.2, -0.15) is 0 Å². The van der Waals surface area contributed by atoms with Crippen molar-refractivity contribution in [2.45, 2.75) is 13.8 Å². The van der Waals surface area contributed by atoms with Crippen LogP contribution >= 0.6 is 0 Å². The number of aryl methyl sites for hydroxylation is 2. The Labute approximate surface area is 95.0 Å². The molecule has 1 heterocycles. The Hall–Kier alpha value is -1.62. The molecule has 1 amide bonds. The van der Waals surface area contributed by atoms with Gasteiger partial charge in [0, 0.05) is 12.2 Å². The van der Waals surface area contributed by atoms with Crippen molar-refractivity contribution in [3.63, 3.8) is 0 Å². The lowest BCUT2D eigenvalue weighted by Crippen LogP contribution is -2.20. The molecule has 1 aromatic rings. The number of rotatable bonds is 5. The molecule has 5 nitrogen and oxygen atoms in total.